The summed E-state index contributed by atoms with van der Waals surface area (Å²) in [4.78, 5) is 0. The molecule has 2 N–H and O–H groups in total. The molecule has 0 aliphatic heterocycles. The van der Waals surface area contributed by atoms with Crippen molar-refractivity contribution in [3.8, 4) is 5.75 Å². The third-order valence-corrected chi connectivity index (χ3v) is 6.66. The first kappa shape index (κ1) is 12.7. The maximum Gasteiger partial charge on any atom is 0.115 e. The van der Waals surface area contributed by atoms with Crippen molar-refractivity contribution < 1.29 is 11.6 Å². The minimum absolute atomic E-state index is 0. The molecule has 0 heterocycles. The van der Waals surface area contributed by atoms with E-state index in [1.54, 1.807) is 0 Å². The Hall–Kier alpha value is -1.02. The van der Waals surface area contributed by atoms with Crippen molar-refractivity contribution in [1.82, 2.24) is 0 Å². The zero-order valence-electron chi connectivity index (χ0n) is 12.2. The fourth-order valence-electron chi connectivity index (χ4n) is 5.54. The fourth-order valence-corrected chi connectivity index (χ4v) is 5.54. The van der Waals surface area contributed by atoms with E-state index in [0.717, 1.165) is 25.2 Å². The number of phenolic OH excluding ortho intramolecular Hbond substituents is 1. The van der Waals surface area contributed by atoms with E-state index >= 15 is 0 Å². The van der Waals surface area contributed by atoms with E-state index in [-0.39, 0.29) is 12.9 Å². The van der Waals surface area contributed by atoms with Crippen LogP contribution in [0.15, 0.2) is 18.2 Å². The van der Waals surface area contributed by atoms with Crippen molar-refractivity contribution >= 4 is 0 Å². The molecule has 0 saturated heterocycles. The molecule has 2 heteroatoms. The smallest absolute Gasteiger partial charge is 0.115 e. The predicted molar refractivity (Wildman–Crippen MR) is 80.8 cm³/mol. The molecular weight excluding hydrogens is 248 g/mol. The Balaban J connectivity index is 0.00000132. The van der Waals surface area contributed by atoms with E-state index in [1.165, 1.54) is 30.4 Å². The molecule has 0 aromatic heterocycles. The molecule has 0 radical (unpaired) electrons. The van der Waals surface area contributed by atoms with E-state index in [2.05, 4.69) is 13.0 Å². The van der Waals surface area contributed by atoms with Gasteiger partial charge in [-0.2, -0.15) is 0 Å². The van der Waals surface area contributed by atoms with Crippen LogP contribution in [-0.2, 0) is 6.42 Å². The molecule has 3 aliphatic carbocycles. The van der Waals surface area contributed by atoms with Crippen LogP contribution in [-0.4, -0.2) is 16.3 Å². The zero-order valence-corrected chi connectivity index (χ0v) is 12.2. The SMILES string of the molecule is C[C@]12CC[C@@H]3c4ccc(O)cc4CC[C@H]3[C@@H]1CC[C@@H]2O.[HH]. The Bertz CT molecular complexity index is 544. The molecule has 2 nitrogen and oxygen atoms in total. The summed E-state index contributed by atoms with van der Waals surface area (Å²) in [5.41, 5.74) is 2.99. The number of benzene rings is 1. The van der Waals surface area contributed by atoms with Crippen molar-refractivity contribution in [1.29, 1.82) is 0 Å². The maximum atomic E-state index is 10.4. The van der Waals surface area contributed by atoms with Crippen LogP contribution >= 0.6 is 0 Å². The third-order valence-electron chi connectivity index (χ3n) is 6.66. The van der Waals surface area contributed by atoms with Gasteiger partial charge in [-0.25, -0.2) is 0 Å². The summed E-state index contributed by atoms with van der Waals surface area (Å²) in [6.45, 7) is 2.32. The van der Waals surface area contributed by atoms with Gasteiger partial charge in [-0.1, -0.05) is 13.0 Å². The van der Waals surface area contributed by atoms with E-state index in [4.69, 9.17) is 0 Å². The first-order chi connectivity index (χ1) is 9.59. The Kier molecular flexibility index (Phi) is 2.69. The van der Waals surface area contributed by atoms with Crippen LogP contribution in [0.1, 0.15) is 57.5 Å². The van der Waals surface area contributed by atoms with Crippen LogP contribution < -0.4 is 0 Å². The number of phenols is 1. The monoisotopic (exact) mass is 274 g/mol. The lowest BCUT2D eigenvalue weighted by Gasteiger charge is -2.50. The molecule has 0 amide bonds. The van der Waals surface area contributed by atoms with Crippen LogP contribution in [0.4, 0.5) is 0 Å². The number of aliphatic hydroxyl groups is 1. The highest BCUT2D eigenvalue weighted by atomic mass is 16.3. The third kappa shape index (κ3) is 1.60. The number of aryl methyl sites for hydroxylation is 1. The van der Waals surface area contributed by atoms with E-state index in [9.17, 15) is 10.2 Å². The molecule has 2 saturated carbocycles. The summed E-state index contributed by atoms with van der Waals surface area (Å²) >= 11 is 0. The second kappa shape index (κ2) is 4.24. The standard InChI is InChI=1S/C18H24O2.H2/c1-18-9-8-14-13-5-3-12(19)10-11(13)2-4-15(14)16(18)6-7-17(18)20;/h3,5,10,14-17,19-20H,2,4,6-9H2,1H3;1H/t14-,15-,16+,17+,18+;/m1./s1. The zero-order chi connectivity index (χ0) is 13.9. The van der Waals surface area contributed by atoms with Crippen LogP contribution in [0.2, 0.25) is 0 Å². The highest BCUT2D eigenvalue weighted by molar-refractivity contribution is 5.40. The van der Waals surface area contributed by atoms with Crippen molar-refractivity contribution in [2.24, 2.45) is 17.3 Å². The molecule has 0 spiro atoms. The van der Waals surface area contributed by atoms with E-state index in [1.807, 2.05) is 12.1 Å². The van der Waals surface area contributed by atoms with Gasteiger partial charge in [0.05, 0.1) is 6.10 Å². The molecule has 0 bridgehead atoms. The molecule has 3 aliphatic rings. The van der Waals surface area contributed by atoms with Crippen molar-refractivity contribution in [2.45, 2.75) is 57.5 Å². The Morgan fingerprint density at radius 2 is 2.05 bits per heavy atom. The lowest BCUT2D eigenvalue weighted by atomic mass is 9.55. The molecule has 1 aromatic carbocycles. The normalized spacial score (nSPS) is 42.7. The summed E-state index contributed by atoms with van der Waals surface area (Å²) in [7, 11) is 0. The molecule has 20 heavy (non-hydrogen) atoms. The number of fused-ring (bicyclic) bond motifs is 5. The van der Waals surface area contributed by atoms with Crippen LogP contribution in [0.5, 0.6) is 5.75 Å². The molecule has 5 atom stereocenters. The Morgan fingerprint density at radius 1 is 1.20 bits per heavy atom. The summed E-state index contributed by atoms with van der Waals surface area (Å²) in [5, 5.41) is 20.0. The fraction of sp³-hybridized carbons (Fsp3) is 0.667. The van der Waals surface area contributed by atoms with Gasteiger partial charge in [0, 0.05) is 1.43 Å². The maximum absolute atomic E-state index is 10.4. The minimum atomic E-state index is -0.0883. The number of hydrogen-bond donors (Lipinski definition) is 2. The van der Waals surface area contributed by atoms with Gasteiger partial charge in [-0.05, 0) is 85.0 Å². The lowest BCUT2D eigenvalue weighted by molar-refractivity contribution is -0.0226. The Labute approximate surface area is 122 Å². The van der Waals surface area contributed by atoms with E-state index < -0.39 is 0 Å². The number of rotatable bonds is 0. The number of aromatic hydroxyl groups is 1. The first-order valence-electron chi connectivity index (χ1n) is 8.09. The topological polar surface area (TPSA) is 40.5 Å². The summed E-state index contributed by atoms with van der Waals surface area (Å²) in [6, 6.07) is 5.96. The molecule has 110 valence electrons. The van der Waals surface area contributed by atoms with Crippen LogP contribution in [0.25, 0.3) is 0 Å². The van der Waals surface area contributed by atoms with Crippen molar-refractivity contribution in [3.63, 3.8) is 0 Å². The first-order valence-corrected chi connectivity index (χ1v) is 8.09. The molecule has 2 fully saturated rings. The average Bonchev–Trinajstić information content (AvgIpc) is 2.74. The largest absolute Gasteiger partial charge is 0.508 e. The molecular formula is C18H26O2. The Morgan fingerprint density at radius 3 is 2.90 bits per heavy atom. The summed E-state index contributed by atoms with van der Waals surface area (Å²) < 4.78 is 0. The highest BCUT2D eigenvalue weighted by Crippen LogP contribution is 2.60. The quantitative estimate of drug-likeness (QED) is 0.754. The number of aliphatic hydroxyl groups excluding tert-OH is 1. The second-order valence-corrected chi connectivity index (χ2v) is 7.44. The highest BCUT2D eigenvalue weighted by Gasteiger charge is 2.54. The van der Waals surface area contributed by atoms with Crippen molar-refractivity contribution in [2.75, 3.05) is 0 Å². The van der Waals surface area contributed by atoms with Gasteiger partial charge in [-0.3, -0.25) is 0 Å². The number of hydrogen-bond acceptors (Lipinski definition) is 2. The second-order valence-electron chi connectivity index (χ2n) is 7.44. The summed E-state index contributed by atoms with van der Waals surface area (Å²) in [6.07, 6.45) is 6.78. The van der Waals surface area contributed by atoms with Crippen LogP contribution in [0, 0.1) is 17.3 Å². The summed E-state index contributed by atoms with van der Waals surface area (Å²) in [5.74, 6) is 2.49. The average molecular weight is 274 g/mol. The molecule has 4 rings (SSSR count). The minimum Gasteiger partial charge on any atom is -0.508 e. The van der Waals surface area contributed by atoms with Gasteiger partial charge < -0.3 is 10.2 Å². The van der Waals surface area contributed by atoms with Gasteiger partial charge in [0.2, 0.25) is 0 Å². The van der Waals surface area contributed by atoms with Gasteiger partial charge in [0.15, 0.2) is 0 Å². The molecule has 1 aromatic rings. The molecule has 0 unspecified atom stereocenters. The van der Waals surface area contributed by atoms with Crippen LogP contribution in [0.3, 0.4) is 0 Å². The lowest BCUT2D eigenvalue weighted by Crippen LogP contribution is -2.43. The van der Waals surface area contributed by atoms with Gasteiger partial charge in [0.25, 0.3) is 0 Å². The predicted octanol–water partition coefficient (Wildman–Crippen LogP) is 3.86. The van der Waals surface area contributed by atoms with E-state index in [0.29, 0.717) is 17.6 Å². The van der Waals surface area contributed by atoms with Gasteiger partial charge >= 0.3 is 0 Å². The van der Waals surface area contributed by atoms with Gasteiger partial charge in [-0.15, -0.1) is 0 Å². The van der Waals surface area contributed by atoms with Crippen molar-refractivity contribution in [3.05, 3.63) is 29.3 Å². The van der Waals surface area contributed by atoms with Gasteiger partial charge in [0.1, 0.15) is 5.75 Å².